The molecule has 0 spiro atoms. The minimum atomic E-state index is -0.754. The van der Waals surface area contributed by atoms with Gasteiger partial charge >= 0.3 is 12.0 Å². The average Bonchev–Trinajstić information content (AvgIpc) is 2.92. The van der Waals surface area contributed by atoms with Crippen LogP contribution in [0, 0.1) is 5.92 Å². The molecule has 1 saturated carbocycles. The van der Waals surface area contributed by atoms with Crippen molar-refractivity contribution in [2.24, 2.45) is 5.92 Å². The molecule has 2 rings (SSSR count). The first-order valence-electron chi connectivity index (χ1n) is 7.54. The first-order valence-corrected chi connectivity index (χ1v) is 7.54. The van der Waals surface area contributed by atoms with E-state index in [1.807, 2.05) is 0 Å². The van der Waals surface area contributed by atoms with Gasteiger partial charge in [0.1, 0.15) is 0 Å². The second-order valence-corrected chi connectivity index (χ2v) is 5.72. The van der Waals surface area contributed by atoms with Crippen LogP contribution in [0.2, 0.25) is 0 Å². The van der Waals surface area contributed by atoms with Gasteiger partial charge in [0.2, 0.25) is 0 Å². The molecule has 1 heterocycles. The van der Waals surface area contributed by atoms with Crippen LogP contribution in [-0.4, -0.2) is 42.4 Å². The molecule has 20 heavy (non-hydrogen) atoms. The van der Waals surface area contributed by atoms with Crippen molar-refractivity contribution in [2.75, 3.05) is 13.2 Å². The van der Waals surface area contributed by atoms with Crippen LogP contribution in [0.3, 0.4) is 0 Å². The van der Waals surface area contributed by atoms with E-state index in [1.54, 1.807) is 0 Å². The number of carbonyl (C=O) groups is 2. The van der Waals surface area contributed by atoms with E-state index in [1.165, 1.54) is 0 Å². The normalized spacial score (nSPS) is 29.9. The summed E-state index contributed by atoms with van der Waals surface area (Å²) < 4.78 is 5.49. The number of urea groups is 1. The lowest BCUT2D eigenvalue weighted by Crippen LogP contribution is -2.45. The second-order valence-electron chi connectivity index (χ2n) is 5.72. The molecular formula is C14H24N2O4. The fourth-order valence-electron chi connectivity index (χ4n) is 3.00. The summed E-state index contributed by atoms with van der Waals surface area (Å²) in [5.41, 5.74) is 0. The molecule has 1 aliphatic heterocycles. The third-order valence-corrected chi connectivity index (χ3v) is 4.13. The summed E-state index contributed by atoms with van der Waals surface area (Å²) in [6.07, 6.45) is 6.28. The van der Waals surface area contributed by atoms with Crippen LogP contribution in [0.25, 0.3) is 0 Å². The lowest BCUT2D eigenvalue weighted by Gasteiger charge is -2.27. The van der Waals surface area contributed by atoms with Gasteiger partial charge in [-0.05, 0) is 38.5 Å². The van der Waals surface area contributed by atoms with Crippen molar-refractivity contribution in [2.45, 2.75) is 57.1 Å². The Morgan fingerprint density at radius 1 is 1.20 bits per heavy atom. The van der Waals surface area contributed by atoms with E-state index in [2.05, 4.69) is 10.6 Å². The quantitative estimate of drug-likeness (QED) is 0.714. The fourth-order valence-corrected chi connectivity index (χ4v) is 3.00. The van der Waals surface area contributed by atoms with Gasteiger partial charge in [-0.15, -0.1) is 0 Å². The summed E-state index contributed by atoms with van der Waals surface area (Å²) in [4.78, 5) is 22.7. The first kappa shape index (κ1) is 15.1. The Hall–Kier alpha value is -1.30. The molecular weight excluding hydrogens is 260 g/mol. The van der Waals surface area contributed by atoms with E-state index < -0.39 is 5.97 Å². The fraction of sp³-hybridized carbons (Fsp3) is 0.857. The van der Waals surface area contributed by atoms with Crippen LogP contribution < -0.4 is 10.6 Å². The first-order chi connectivity index (χ1) is 9.65. The number of carboxylic acids is 1. The lowest BCUT2D eigenvalue weighted by molar-refractivity contribution is -0.143. The molecule has 0 aromatic carbocycles. The Bertz CT molecular complexity index is 342. The number of ether oxygens (including phenoxy) is 1. The maximum absolute atomic E-state index is 11.8. The van der Waals surface area contributed by atoms with Crippen molar-refractivity contribution in [1.82, 2.24) is 10.6 Å². The third-order valence-electron chi connectivity index (χ3n) is 4.13. The highest BCUT2D eigenvalue weighted by atomic mass is 16.5. The predicted octanol–water partition coefficient (Wildman–Crippen LogP) is 1.50. The summed E-state index contributed by atoms with van der Waals surface area (Å²) in [5.74, 6) is -1.07. The van der Waals surface area contributed by atoms with E-state index in [-0.39, 0.29) is 24.1 Å². The van der Waals surface area contributed by atoms with Crippen molar-refractivity contribution in [3.05, 3.63) is 0 Å². The number of hydrogen-bond donors (Lipinski definition) is 3. The van der Waals surface area contributed by atoms with E-state index in [0.717, 1.165) is 38.7 Å². The third kappa shape index (κ3) is 4.67. The molecule has 6 nitrogen and oxygen atoms in total. The van der Waals surface area contributed by atoms with Crippen molar-refractivity contribution < 1.29 is 19.4 Å². The number of nitrogens with one attached hydrogen (secondary N) is 2. The minimum absolute atomic E-state index is 0.0208. The summed E-state index contributed by atoms with van der Waals surface area (Å²) in [6.45, 7) is 1.43. The van der Waals surface area contributed by atoms with Gasteiger partial charge in [-0.2, -0.15) is 0 Å². The molecule has 3 atom stereocenters. The Balaban J connectivity index is 1.62. The molecule has 6 heteroatoms. The number of amides is 2. The van der Waals surface area contributed by atoms with Gasteiger partial charge in [-0.3, -0.25) is 4.79 Å². The second kappa shape index (κ2) is 7.47. The molecule has 3 unspecified atom stereocenters. The van der Waals surface area contributed by atoms with E-state index in [9.17, 15) is 9.59 Å². The van der Waals surface area contributed by atoms with Crippen molar-refractivity contribution in [3.8, 4) is 0 Å². The van der Waals surface area contributed by atoms with E-state index >= 15 is 0 Å². The van der Waals surface area contributed by atoms with Gasteiger partial charge in [0.05, 0.1) is 12.0 Å². The zero-order chi connectivity index (χ0) is 14.4. The molecule has 0 bridgehead atoms. The Labute approximate surface area is 119 Å². The highest BCUT2D eigenvalue weighted by Gasteiger charge is 2.27. The molecule has 0 radical (unpaired) electrons. The van der Waals surface area contributed by atoms with Gasteiger partial charge in [0.25, 0.3) is 0 Å². The molecule has 2 fully saturated rings. The van der Waals surface area contributed by atoms with Gasteiger partial charge < -0.3 is 20.5 Å². The zero-order valence-corrected chi connectivity index (χ0v) is 11.8. The van der Waals surface area contributed by atoms with Crippen molar-refractivity contribution in [3.63, 3.8) is 0 Å². The van der Waals surface area contributed by atoms with Crippen molar-refractivity contribution in [1.29, 1.82) is 0 Å². The molecule has 0 aromatic rings. The standard InChI is InChI=1S/C14H24N2O4/c17-13(18)10-3-1-4-11(9-10)16-14(19)15-7-6-12-5-2-8-20-12/h10-12H,1-9H2,(H,17,18)(H2,15,16,19). The SMILES string of the molecule is O=C(NCCC1CCCO1)NC1CCCC(C(=O)O)C1. The van der Waals surface area contributed by atoms with Crippen LogP contribution in [0.15, 0.2) is 0 Å². The monoisotopic (exact) mass is 284 g/mol. The number of carboxylic acid groups (broad SMARTS) is 1. The molecule has 0 aromatic heterocycles. The van der Waals surface area contributed by atoms with E-state index in [0.29, 0.717) is 19.4 Å². The van der Waals surface area contributed by atoms with Gasteiger partial charge in [-0.1, -0.05) is 6.42 Å². The number of rotatable bonds is 5. The lowest BCUT2D eigenvalue weighted by atomic mass is 9.86. The Morgan fingerprint density at radius 2 is 2.05 bits per heavy atom. The Morgan fingerprint density at radius 3 is 2.75 bits per heavy atom. The van der Waals surface area contributed by atoms with Gasteiger partial charge in [-0.25, -0.2) is 4.79 Å². The maximum atomic E-state index is 11.8. The highest BCUT2D eigenvalue weighted by molar-refractivity contribution is 5.74. The zero-order valence-electron chi connectivity index (χ0n) is 11.8. The Kier molecular flexibility index (Phi) is 5.64. The summed E-state index contributed by atoms with van der Waals surface area (Å²) in [5, 5.41) is 14.7. The number of carbonyl (C=O) groups excluding carboxylic acids is 1. The van der Waals surface area contributed by atoms with Crippen LogP contribution in [0.1, 0.15) is 44.9 Å². The topological polar surface area (TPSA) is 87.7 Å². The number of aliphatic carboxylic acids is 1. The molecule has 3 N–H and O–H groups in total. The van der Waals surface area contributed by atoms with Gasteiger partial charge in [0, 0.05) is 19.2 Å². The maximum Gasteiger partial charge on any atom is 0.315 e. The minimum Gasteiger partial charge on any atom is -0.481 e. The molecule has 114 valence electrons. The largest absolute Gasteiger partial charge is 0.481 e. The molecule has 1 saturated heterocycles. The van der Waals surface area contributed by atoms with Crippen molar-refractivity contribution >= 4 is 12.0 Å². The highest BCUT2D eigenvalue weighted by Crippen LogP contribution is 2.24. The van der Waals surface area contributed by atoms with E-state index in [4.69, 9.17) is 9.84 Å². The molecule has 1 aliphatic carbocycles. The average molecular weight is 284 g/mol. The van der Waals surface area contributed by atoms with Crippen LogP contribution in [-0.2, 0) is 9.53 Å². The van der Waals surface area contributed by atoms with Crippen LogP contribution in [0.5, 0.6) is 0 Å². The van der Waals surface area contributed by atoms with Crippen LogP contribution in [0.4, 0.5) is 4.79 Å². The predicted molar refractivity (Wildman–Crippen MR) is 73.5 cm³/mol. The summed E-state index contributed by atoms with van der Waals surface area (Å²) in [6, 6.07) is -0.216. The summed E-state index contributed by atoms with van der Waals surface area (Å²) >= 11 is 0. The molecule has 2 amide bonds. The summed E-state index contributed by atoms with van der Waals surface area (Å²) in [7, 11) is 0. The van der Waals surface area contributed by atoms with Gasteiger partial charge in [0.15, 0.2) is 0 Å². The van der Waals surface area contributed by atoms with Crippen LogP contribution >= 0.6 is 0 Å². The smallest absolute Gasteiger partial charge is 0.315 e. The molecule has 2 aliphatic rings. The number of hydrogen-bond acceptors (Lipinski definition) is 3.